The van der Waals surface area contributed by atoms with Crippen LogP contribution in [-0.4, -0.2) is 32.2 Å². The molecule has 0 spiro atoms. The van der Waals surface area contributed by atoms with E-state index in [1.165, 1.54) is 34.3 Å². The van der Waals surface area contributed by atoms with Gasteiger partial charge in [-0.3, -0.25) is 4.79 Å². The highest BCUT2D eigenvalue weighted by Gasteiger charge is 2.22. The second kappa shape index (κ2) is 4.74. The monoisotopic (exact) mass is 226 g/mol. The smallest absolute Gasteiger partial charge is 0.204 e. The molecule has 5 heteroatoms. The highest BCUT2D eigenvalue weighted by Crippen LogP contribution is 2.44. The van der Waals surface area contributed by atoms with Crippen LogP contribution in [0.1, 0.15) is 17.3 Å². The Morgan fingerprint density at radius 2 is 1.69 bits per heavy atom. The third kappa shape index (κ3) is 1.88. The average molecular weight is 226 g/mol. The van der Waals surface area contributed by atoms with Crippen LogP contribution >= 0.6 is 0 Å². The number of rotatable bonds is 4. The Kier molecular flexibility index (Phi) is 3.60. The summed E-state index contributed by atoms with van der Waals surface area (Å²) in [6, 6.07) is 1.50. The Labute approximate surface area is 93.6 Å². The molecular formula is C11H14O5. The molecule has 1 rings (SSSR count). The zero-order valence-corrected chi connectivity index (χ0v) is 9.66. The fourth-order valence-corrected chi connectivity index (χ4v) is 1.45. The first-order chi connectivity index (χ1) is 7.56. The minimum atomic E-state index is -0.310. The summed E-state index contributed by atoms with van der Waals surface area (Å²) in [5, 5.41) is 9.88. The number of aromatic hydroxyl groups is 1. The molecule has 0 radical (unpaired) electrons. The second-order valence-corrected chi connectivity index (χ2v) is 3.09. The lowest BCUT2D eigenvalue weighted by molar-refractivity contribution is 0.101. The summed E-state index contributed by atoms with van der Waals surface area (Å²) in [6.45, 7) is 1.34. The average Bonchev–Trinajstić information content (AvgIpc) is 2.26. The van der Waals surface area contributed by atoms with Crippen molar-refractivity contribution >= 4 is 5.78 Å². The van der Waals surface area contributed by atoms with Gasteiger partial charge in [0.1, 0.15) is 11.3 Å². The number of Topliss-reactive ketones (excluding diaryl/α,β-unsaturated/α-hetero) is 1. The Hall–Kier alpha value is -1.91. The van der Waals surface area contributed by atoms with Crippen LogP contribution in [-0.2, 0) is 0 Å². The van der Waals surface area contributed by atoms with Crippen LogP contribution < -0.4 is 14.2 Å². The van der Waals surface area contributed by atoms with Crippen LogP contribution in [0, 0.1) is 0 Å². The zero-order chi connectivity index (χ0) is 12.3. The fraction of sp³-hybridized carbons (Fsp3) is 0.364. The molecule has 16 heavy (non-hydrogen) atoms. The molecule has 0 heterocycles. The van der Waals surface area contributed by atoms with Crippen molar-refractivity contribution in [2.75, 3.05) is 21.3 Å². The van der Waals surface area contributed by atoms with Crippen LogP contribution in [0.25, 0.3) is 0 Å². The van der Waals surface area contributed by atoms with Gasteiger partial charge >= 0.3 is 0 Å². The molecule has 1 aromatic carbocycles. The molecule has 0 saturated carbocycles. The van der Waals surface area contributed by atoms with Gasteiger partial charge in [0.15, 0.2) is 17.3 Å². The van der Waals surface area contributed by atoms with Crippen molar-refractivity contribution in [3.05, 3.63) is 11.6 Å². The molecular weight excluding hydrogens is 212 g/mol. The maximum atomic E-state index is 11.4. The van der Waals surface area contributed by atoms with Crippen molar-refractivity contribution in [3.8, 4) is 23.0 Å². The van der Waals surface area contributed by atoms with E-state index < -0.39 is 0 Å². The lowest BCUT2D eigenvalue weighted by Crippen LogP contribution is -2.01. The fourth-order valence-electron chi connectivity index (χ4n) is 1.45. The third-order valence-electron chi connectivity index (χ3n) is 2.18. The van der Waals surface area contributed by atoms with Gasteiger partial charge in [0.25, 0.3) is 0 Å². The van der Waals surface area contributed by atoms with Gasteiger partial charge in [-0.15, -0.1) is 0 Å². The second-order valence-electron chi connectivity index (χ2n) is 3.09. The standard InChI is InChI=1S/C11H14O5/c1-6(12)9-7(14-2)5-8(15-3)11(16-4)10(9)13/h5,13H,1-4H3. The summed E-state index contributed by atoms with van der Waals surface area (Å²) in [5.74, 6) is 0.0968. The summed E-state index contributed by atoms with van der Waals surface area (Å²) in [6.07, 6.45) is 0. The van der Waals surface area contributed by atoms with E-state index in [-0.39, 0.29) is 28.6 Å². The van der Waals surface area contributed by atoms with Crippen molar-refractivity contribution in [2.24, 2.45) is 0 Å². The minimum absolute atomic E-state index is 0.0835. The molecule has 0 aliphatic heterocycles. The van der Waals surface area contributed by atoms with E-state index in [1.54, 1.807) is 0 Å². The molecule has 0 aromatic heterocycles. The van der Waals surface area contributed by atoms with Gasteiger partial charge in [0.05, 0.1) is 21.3 Å². The van der Waals surface area contributed by atoms with Crippen LogP contribution in [0.4, 0.5) is 0 Å². The van der Waals surface area contributed by atoms with Crippen molar-refractivity contribution in [1.29, 1.82) is 0 Å². The molecule has 1 aromatic rings. The highest BCUT2D eigenvalue weighted by atomic mass is 16.5. The van der Waals surface area contributed by atoms with Gasteiger partial charge in [0, 0.05) is 6.07 Å². The van der Waals surface area contributed by atoms with E-state index in [0.717, 1.165) is 0 Å². The molecule has 0 amide bonds. The first-order valence-electron chi connectivity index (χ1n) is 4.59. The van der Waals surface area contributed by atoms with E-state index in [4.69, 9.17) is 14.2 Å². The summed E-state index contributed by atoms with van der Waals surface area (Å²) >= 11 is 0. The SMILES string of the molecule is COc1cc(OC)c(C(C)=O)c(O)c1OC. The molecule has 0 aliphatic carbocycles. The van der Waals surface area contributed by atoms with Crippen LogP contribution in [0.3, 0.4) is 0 Å². The molecule has 88 valence electrons. The summed E-state index contributed by atoms with van der Waals surface area (Å²) in [5.41, 5.74) is 0.0835. The van der Waals surface area contributed by atoms with Gasteiger partial charge in [-0.1, -0.05) is 0 Å². The number of phenolic OH excluding ortho intramolecular Hbond substituents is 1. The molecule has 0 fully saturated rings. The van der Waals surface area contributed by atoms with E-state index >= 15 is 0 Å². The summed E-state index contributed by atoms with van der Waals surface area (Å²) in [4.78, 5) is 11.4. The first-order valence-corrected chi connectivity index (χ1v) is 4.59. The zero-order valence-electron chi connectivity index (χ0n) is 9.66. The van der Waals surface area contributed by atoms with E-state index in [2.05, 4.69) is 0 Å². The lowest BCUT2D eigenvalue weighted by atomic mass is 10.1. The van der Waals surface area contributed by atoms with Gasteiger partial charge in [-0.25, -0.2) is 0 Å². The first kappa shape index (κ1) is 12.2. The molecule has 1 N–H and O–H groups in total. The maximum absolute atomic E-state index is 11.4. The molecule has 0 unspecified atom stereocenters. The molecule has 0 atom stereocenters. The predicted octanol–water partition coefficient (Wildman–Crippen LogP) is 1.62. The van der Waals surface area contributed by atoms with E-state index in [0.29, 0.717) is 5.75 Å². The van der Waals surface area contributed by atoms with Crippen LogP contribution in [0.2, 0.25) is 0 Å². The minimum Gasteiger partial charge on any atom is -0.504 e. The summed E-state index contributed by atoms with van der Waals surface area (Å²) < 4.78 is 15.0. The predicted molar refractivity (Wildman–Crippen MR) is 57.8 cm³/mol. The van der Waals surface area contributed by atoms with Crippen LogP contribution in [0.5, 0.6) is 23.0 Å². The normalized spacial score (nSPS) is 9.75. The van der Waals surface area contributed by atoms with Gasteiger partial charge in [-0.05, 0) is 6.92 Å². The highest BCUT2D eigenvalue weighted by molar-refractivity contribution is 6.01. The number of carbonyl (C=O) groups excluding carboxylic acids is 1. The number of phenols is 1. The largest absolute Gasteiger partial charge is 0.504 e. The van der Waals surface area contributed by atoms with E-state index in [1.807, 2.05) is 0 Å². The third-order valence-corrected chi connectivity index (χ3v) is 2.18. The number of benzene rings is 1. The Morgan fingerprint density at radius 3 is 2.06 bits per heavy atom. The summed E-state index contributed by atoms with van der Waals surface area (Å²) in [7, 11) is 4.23. The number of ether oxygens (including phenoxy) is 3. The molecule has 0 saturated heterocycles. The topological polar surface area (TPSA) is 65.0 Å². The number of carbonyl (C=O) groups is 1. The number of hydrogen-bond acceptors (Lipinski definition) is 5. The molecule has 0 aliphatic rings. The molecule has 0 bridgehead atoms. The van der Waals surface area contributed by atoms with Crippen LogP contribution in [0.15, 0.2) is 6.07 Å². The van der Waals surface area contributed by atoms with Crippen molar-refractivity contribution in [3.63, 3.8) is 0 Å². The molecule has 5 nitrogen and oxygen atoms in total. The van der Waals surface area contributed by atoms with E-state index in [9.17, 15) is 9.90 Å². The van der Waals surface area contributed by atoms with Crippen molar-refractivity contribution < 1.29 is 24.1 Å². The number of ketones is 1. The van der Waals surface area contributed by atoms with Crippen molar-refractivity contribution in [2.45, 2.75) is 6.92 Å². The Balaban J connectivity index is 3.55. The Bertz CT molecular complexity index is 411. The van der Waals surface area contributed by atoms with Gasteiger partial charge in [-0.2, -0.15) is 0 Å². The van der Waals surface area contributed by atoms with Crippen molar-refractivity contribution in [1.82, 2.24) is 0 Å². The maximum Gasteiger partial charge on any atom is 0.204 e. The van der Waals surface area contributed by atoms with Gasteiger partial charge < -0.3 is 19.3 Å². The Morgan fingerprint density at radius 1 is 1.12 bits per heavy atom. The number of methoxy groups -OCH3 is 3. The lowest BCUT2D eigenvalue weighted by Gasteiger charge is -2.14. The number of hydrogen-bond donors (Lipinski definition) is 1. The quantitative estimate of drug-likeness (QED) is 0.790. The van der Waals surface area contributed by atoms with Gasteiger partial charge in [0.2, 0.25) is 5.75 Å².